The van der Waals surface area contributed by atoms with Gasteiger partial charge in [0.05, 0.1) is 5.60 Å². The van der Waals surface area contributed by atoms with E-state index >= 15 is 0 Å². The van der Waals surface area contributed by atoms with Crippen LogP contribution in [0.15, 0.2) is 24.3 Å². The van der Waals surface area contributed by atoms with Crippen molar-refractivity contribution in [3.05, 3.63) is 24.3 Å². The number of hydrogen-bond donors (Lipinski definition) is 2. The number of methoxy groups -OCH3 is 1. The van der Waals surface area contributed by atoms with E-state index in [-0.39, 0.29) is 5.60 Å². The van der Waals surface area contributed by atoms with Crippen LogP contribution >= 0.6 is 0 Å². The summed E-state index contributed by atoms with van der Waals surface area (Å²) in [5.74, 6) is 0. The summed E-state index contributed by atoms with van der Waals surface area (Å²) < 4.78 is 10.1. The molecule has 0 bridgehead atoms. The van der Waals surface area contributed by atoms with Gasteiger partial charge in [0.25, 0.3) is 0 Å². The van der Waals surface area contributed by atoms with Gasteiger partial charge in [-0.15, -0.1) is 0 Å². The van der Waals surface area contributed by atoms with Gasteiger partial charge in [-0.25, -0.2) is 4.79 Å². The van der Waals surface area contributed by atoms with Crippen LogP contribution in [0.4, 0.5) is 16.2 Å². The first-order valence-electron chi connectivity index (χ1n) is 8.30. The van der Waals surface area contributed by atoms with Gasteiger partial charge < -0.3 is 14.8 Å². The standard InChI is InChI=1S/C12H18N2O2.C5H12O.C2H6/c1-12(2,3)16-11(15)14-10-7-5-9(13-4)6-8-10;1-5(2,3)6-4;1-2/h5-8,13H,1-4H3,(H,14,15);1-4H3;1-2H3. The number of carbonyl (C=O) groups excluding carboxylic acids is 1. The highest BCUT2D eigenvalue weighted by atomic mass is 16.6. The Labute approximate surface area is 148 Å². The predicted octanol–water partition coefficient (Wildman–Crippen LogP) is 5.53. The van der Waals surface area contributed by atoms with E-state index in [0.717, 1.165) is 5.69 Å². The third-order valence-corrected chi connectivity index (χ3v) is 2.43. The molecule has 5 heteroatoms. The first-order chi connectivity index (χ1) is 11.0. The van der Waals surface area contributed by atoms with E-state index in [4.69, 9.17) is 9.47 Å². The number of amides is 1. The molecule has 1 aromatic rings. The van der Waals surface area contributed by atoms with Gasteiger partial charge in [0.2, 0.25) is 0 Å². The number of hydrogen-bond acceptors (Lipinski definition) is 4. The summed E-state index contributed by atoms with van der Waals surface area (Å²) in [5.41, 5.74) is 1.28. The van der Waals surface area contributed by atoms with Crippen molar-refractivity contribution in [2.75, 3.05) is 24.8 Å². The molecule has 1 rings (SSSR count). The van der Waals surface area contributed by atoms with Gasteiger partial charge in [0.1, 0.15) is 5.60 Å². The van der Waals surface area contributed by atoms with E-state index in [0.29, 0.717) is 5.69 Å². The van der Waals surface area contributed by atoms with Crippen molar-refractivity contribution < 1.29 is 14.3 Å². The quantitative estimate of drug-likeness (QED) is 0.743. The van der Waals surface area contributed by atoms with Crippen LogP contribution in [0.5, 0.6) is 0 Å². The van der Waals surface area contributed by atoms with Crippen molar-refractivity contribution >= 4 is 17.5 Å². The summed E-state index contributed by atoms with van der Waals surface area (Å²) >= 11 is 0. The average molecular weight is 341 g/mol. The van der Waals surface area contributed by atoms with Gasteiger partial charge in [0, 0.05) is 25.5 Å². The molecule has 0 saturated carbocycles. The molecule has 0 fully saturated rings. The summed E-state index contributed by atoms with van der Waals surface area (Å²) in [6.07, 6.45) is -0.440. The summed E-state index contributed by atoms with van der Waals surface area (Å²) in [6.45, 7) is 15.6. The molecule has 140 valence electrons. The Morgan fingerprint density at radius 3 is 1.54 bits per heavy atom. The van der Waals surface area contributed by atoms with Crippen LogP contribution in [0.25, 0.3) is 0 Å². The molecule has 0 atom stereocenters. The first-order valence-corrected chi connectivity index (χ1v) is 8.30. The number of nitrogens with one attached hydrogen (secondary N) is 2. The van der Waals surface area contributed by atoms with Crippen molar-refractivity contribution in [1.82, 2.24) is 0 Å². The number of benzene rings is 1. The lowest BCUT2D eigenvalue weighted by Gasteiger charge is -2.19. The van der Waals surface area contributed by atoms with E-state index in [1.54, 1.807) is 7.11 Å². The fourth-order valence-corrected chi connectivity index (χ4v) is 1.14. The molecule has 0 aliphatic rings. The molecule has 0 spiro atoms. The van der Waals surface area contributed by atoms with Crippen LogP contribution in [-0.2, 0) is 9.47 Å². The van der Waals surface area contributed by atoms with Crippen molar-refractivity contribution in [2.24, 2.45) is 0 Å². The summed E-state index contributed by atoms with van der Waals surface area (Å²) in [4.78, 5) is 11.4. The zero-order chi connectivity index (χ0) is 19.4. The monoisotopic (exact) mass is 340 g/mol. The van der Waals surface area contributed by atoms with Crippen LogP contribution in [0.1, 0.15) is 55.4 Å². The lowest BCUT2D eigenvalue weighted by atomic mass is 10.2. The van der Waals surface area contributed by atoms with Gasteiger partial charge >= 0.3 is 6.09 Å². The lowest BCUT2D eigenvalue weighted by molar-refractivity contribution is 0.0397. The van der Waals surface area contributed by atoms with E-state index in [9.17, 15) is 4.79 Å². The van der Waals surface area contributed by atoms with Gasteiger partial charge in [-0.05, 0) is 65.8 Å². The second-order valence-corrected chi connectivity index (χ2v) is 6.77. The number of ether oxygens (including phenoxy) is 2. The minimum Gasteiger partial charge on any atom is -0.444 e. The second kappa shape index (κ2) is 11.7. The van der Waals surface area contributed by atoms with E-state index in [1.165, 1.54) is 0 Å². The van der Waals surface area contributed by atoms with Crippen LogP contribution in [0, 0.1) is 0 Å². The Hall–Kier alpha value is -1.75. The highest BCUT2D eigenvalue weighted by molar-refractivity contribution is 5.85. The van der Waals surface area contributed by atoms with Crippen LogP contribution in [0.2, 0.25) is 0 Å². The Kier molecular flexibility index (Phi) is 12.0. The lowest BCUT2D eigenvalue weighted by Crippen LogP contribution is -2.27. The van der Waals surface area contributed by atoms with E-state index in [2.05, 4.69) is 10.6 Å². The second-order valence-electron chi connectivity index (χ2n) is 6.77. The molecule has 0 aromatic heterocycles. The van der Waals surface area contributed by atoms with Crippen molar-refractivity contribution in [1.29, 1.82) is 0 Å². The molecule has 5 nitrogen and oxygen atoms in total. The minimum absolute atomic E-state index is 0.0417. The molecule has 2 N–H and O–H groups in total. The topological polar surface area (TPSA) is 59.6 Å². The van der Waals surface area contributed by atoms with Gasteiger partial charge in [-0.1, -0.05) is 13.8 Å². The van der Waals surface area contributed by atoms with Crippen LogP contribution in [0.3, 0.4) is 0 Å². The molecular weight excluding hydrogens is 304 g/mol. The molecule has 1 amide bonds. The number of rotatable bonds is 2. The molecule has 0 radical (unpaired) electrons. The van der Waals surface area contributed by atoms with Crippen molar-refractivity contribution in [3.8, 4) is 0 Å². The summed E-state index contributed by atoms with van der Waals surface area (Å²) in [5, 5.41) is 5.66. The largest absolute Gasteiger partial charge is 0.444 e. The summed E-state index contributed by atoms with van der Waals surface area (Å²) in [7, 11) is 3.55. The predicted molar refractivity (Wildman–Crippen MR) is 104 cm³/mol. The molecule has 24 heavy (non-hydrogen) atoms. The molecule has 0 aliphatic heterocycles. The van der Waals surface area contributed by atoms with Gasteiger partial charge in [-0.2, -0.15) is 0 Å². The van der Waals surface area contributed by atoms with Crippen LogP contribution < -0.4 is 10.6 Å². The normalized spacial score (nSPS) is 10.4. The molecular formula is C19H36N2O3. The highest BCUT2D eigenvalue weighted by Crippen LogP contribution is 2.14. The Morgan fingerprint density at radius 2 is 1.25 bits per heavy atom. The molecule has 0 unspecified atom stereocenters. The fourth-order valence-electron chi connectivity index (χ4n) is 1.14. The van der Waals surface area contributed by atoms with E-state index < -0.39 is 11.7 Å². The van der Waals surface area contributed by atoms with Gasteiger partial charge in [-0.3, -0.25) is 5.32 Å². The Morgan fingerprint density at radius 1 is 0.875 bits per heavy atom. The molecule has 1 aromatic carbocycles. The van der Waals surface area contributed by atoms with Crippen molar-refractivity contribution in [3.63, 3.8) is 0 Å². The third kappa shape index (κ3) is 15.2. The maximum absolute atomic E-state index is 11.4. The van der Waals surface area contributed by atoms with Crippen molar-refractivity contribution in [2.45, 2.75) is 66.6 Å². The maximum atomic E-state index is 11.4. The maximum Gasteiger partial charge on any atom is 0.412 e. The van der Waals surface area contributed by atoms with Gasteiger partial charge in [0.15, 0.2) is 0 Å². The highest BCUT2D eigenvalue weighted by Gasteiger charge is 2.15. The molecule has 0 saturated heterocycles. The zero-order valence-electron chi connectivity index (χ0n) is 17.0. The fraction of sp³-hybridized carbons (Fsp3) is 0.632. The summed E-state index contributed by atoms with van der Waals surface area (Å²) in [6, 6.07) is 7.39. The first kappa shape index (κ1) is 24.5. The molecule has 0 aliphatic carbocycles. The Balaban J connectivity index is 0. The Bertz CT molecular complexity index is 443. The van der Waals surface area contributed by atoms with E-state index in [1.807, 2.05) is 86.7 Å². The third-order valence-electron chi connectivity index (χ3n) is 2.43. The number of anilines is 2. The number of carbonyl (C=O) groups is 1. The molecule has 0 heterocycles. The zero-order valence-corrected chi connectivity index (χ0v) is 17.0. The smallest absolute Gasteiger partial charge is 0.412 e. The minimum atomic E-state index is -0.477. The average Bonchev–Trinajstić information content (AvgIpc) is 2.48. The SMILES string of the molecule is CC.CNc1ccc(NC(=O)OC(C)(C)C)cc1.COC(C)(C)C. The van der Waals surface area contributed by atoms with Crippen LogP contribution in [-0.4, -0.2) is 31.5 Å².